The number of nitrogens with zero attached hydrogens (tertiary/aromatic N) is 1. The second-order valence-corrected chi connectivity index (χ2v) is 4.50. The normalized spacial score (nSPS) is 11.8. The predicted molar refractivity (Wildman–Crippen MR) is 75.1 cm³/mol. The zero-order chi connectivity index (χ0) is 13.5. The summed E-state index contributed by atoms with van der Waals surface area (Å²) in [5, 5.41) is 3.30. The lowest BCUT2D eigenvalue weighted by atomic mass is 10.2. The highest BCUT2D eigenvalue weighted by atomic mass is 16.5. The average Bonchev–Trinajstić information content (AvgIpc) is 2.29. The van der Waals surface area contributed by atoms with Crippen molar-refractivity contribution in [2.24, 2.45) is 0 Å². The molecule has 1 aromatic rings. The number of hydrogen-bond donors (Lipinski definition) is 1. The molecule has 1 unspecified atom stereocenters. The number of rotatable bonds is 6. The number of esters is 1. The molecule has 0 aliphatic rings. The molecule has 4 heteroatoms. The molecule has 0 fully saturated rings. The van der Waals surface area contributed by atoms with Gasteiger partial charge in [0, 0.05) is 31.5 Å². The smallest absolute Gasteiger partial charge is 0.307 e. The molecule has 0 aliphatic carbocycles. The Balaban J connectivity index is 2.56. The molecule has 4 nitrogen and oxygen atoms in total. The fourth-order valence-electron chi connectivity index (χ4n) is 1.68. The lowest BCUT2D eigenvalue weighted by molar-refractivity contribution is -0.143. The molecule has 0 saturated heterocycles. The first-order chi connectivity index (χ1) is 8.52. The zero-order valence-electron chi connectivity index (χ0n) is 11.6. The Labute approximate surface area is 109 Å². The molecule has 1 atom stereocenters. The van der Waals surface area contributed by atoms with Crippen LogP contribution in [0.5, 0.6) is 0 Å². The summed E-state index contributed by atoms with van der Waals surface area (Å²) in [5.74, 6) is -0.165. The van der Waals surface area contributed by atoms with Crippen molar-refractivity contribution in [2.75, 3.05) is 30.9 Å². The number of nitrogens with one attached hydrogen (secondary N) is 1. The third-order valence-electron chi connectivity index (χ3n) is 2.55. The molecule has 0 heterocycles. The number of benzene rings is 1. The van der Waals surface area contributed by atoms with Crippen LogP contribution in [0.3, 0.4) is 0 Å². The number of carbonyl (C=O) groups is 1. The maximum absolute atomic E-state index is 11.3. The van der Waals surface area contributed by atoms with Crippen molar-refractivity contribution in [2.45, 2.75) is 26.3 Å². The SMILES string of the molecule is CCOC(=O)CC(C)Nc1cccc(N(C)C)c1. The van der Waals surface area contributed by atoms with E-state index in [1.165, 1.54) is 0 Å². The van der Waals surface area contributed by atoms with Gasteiger partial charge in [0.1, 0.15) is 0 Å². The van der Waals surface area contributed by atoms with Crippen molar-refractivity contribution in [3.05, 3.63) is 24.3 Å². The molecule has 1 N–H and O–H groups in total. The summed E-state index contributed by atoms with van der Waals surface area (Å²) in [6.07, 6.45) is 0.375. The van der Waals surface area contributed by atoms with Crippen LogP contribution in [0, 0.1) is 0 Å². The fourth-order valence-corrected chi connectivity index (χ4v) is 1.68. The average molecular weight is 250 g/mol. The van der Waals surface area contributed by atoms with Crippen LogP contribution in [0.4, 0.5) is 11.4 Å². The highest BCUT2D eigenvalue weighted by Gasteiger charge is 2.09. The van der Waals surface area contributed by atoms with Crippen LogP contribution < -0.4 is 10.2 Å². The Morgan fingerprint density at radius 2 is 2.17 bits per heavy atom. The fraction of sp³-hybridized carbons (Fsp3) is 0.500. The van der Waals surface area contributed by atoms with E-state index in [9.17, 15) is 4.79 Å². The molecule has 0 spiro atoms. The van der Waals surface area contributed by atoms with Crippen molar-refractivity contribution in [3.8, 4) is 0 Å². The van der Waals surface area contributed by atoms with Crippen LogP contribution in [-0.4, -0.2) is 32.7 Å². The summed E-state index contributed by atoms with van der Waals surface area (Å²) in [6, 6.07) is 8.15. The summed E-state index contributed by atoms with van der Waals surface area (Å²) in [6.45, 7) is 4.22. The lowest BCUT2D eigenvalue weighted by Gasteiger charge is -2.17. The van der Waals surface area contributed by atoms with Crippen molar-refractivity contribution in [1.29, 1.82) is 0 Å². The monoisotopic (exact) mass is 250 g/mol. The summed E-state index contributed by atoms with van der Waals surface area (Å²) >= 11 is 0. The molecule has 0 radical (unpaired) electrons. The maximum atomic E-state index is 11.3. The topological polar surface area (TPSA) is 41.6 Å². The number of hydrogen-bond acceptors (Lipinski definition) is 4. The first kappa shape index (κ1) is 14.4. The van der Waals surface area contributed by atoms with E-state index >= 15 is 0 Å². The zero-order valence-corrected chi connectivity index (χ0v) is 11.6. The molecular formula is C14H22N2O2. The Hall–Kier alpha value is -1.71. The molecule has 0 bridgehead atoms. The molecular weight excluding hydrogens is 228 g/mol. The molecule has 1 aromatic carbocycles. The Morgan fingerprint density at radius 3 is 2.78 bits per heavy atom. The molecule has 0 saturated carbocycles. The number of carbonyl (C=O) groups excluding carboxylic acids is 1. The van der Waals surface area contributed by atoms with Gasteiger partial charge in [-0.3, -0.25) is 4.79 Å². The van der Waals surface area contributed by atoms with Gasteiger partial charge in [-0.05, 0) is 32.0 Å². The molecule has 1 rings (SSSR count). The van der Waals surface area contributed by atoms with Crippen LogP contribution in [-0.2, 0) is 9.53 Å². The van der Waals surface area contributed by atoms with Gasteiger partial charge >= 0.3 is 5.97 Å². The molecule has 0 amide bonds. The van der Waals surface area contributed by atoms with Gasteiger partial charge < -0.3 is 15.0 Å². The van der Waals surface area contributed by atoms with Gasteiger partial charge in [0.15, 0.2) is 0 Å². The van der Waals surface area contributed by atoms with Crippen molar-refractivity contribution in [3.63, 3.8) is 0 Å². The minimum atomic E-state index is -0.165. The van der Waals surface area contributed by atoms with Crippen LogP contribution >= 0.6 is 0 Å². The van der Waals surface area contributed by atoms with Gasteiger partial charge in [-0.25, -0.2) is 0 Å². The standard InChI is InChI=1S/C14H22N2O2/c1-5-18-14(17)9-11(2)15-12-7-6-8-13(10-12)16(3)4/h6-8,10-11,15H,5,9H2,1-4H3. The van der Waals surface area contributed by atoms with Gasteiger partial charge in [-0.15, -0.1) is 0 Å². The highest BCUT2D eigenvalue weighted by molar-refractivity contribution is 5.71. The third-order valence-corrected chi connectivity index (χ3v) is 2.55. The van der Waals surface area contributed by atoms with E-state index in [-0.39, 0.29) is 12.0 Å². The molecule has 18 heavy (non-hydrogen) atoms. The van der Waals surface area contributed by atoms with E-state index < -0.39 is 0 Å². The maximum Gasteiger partial charge on any atom is 0.307 e. The van der Waals surface area contributed by atoms with E-state index in [2.05, 4.69) is 11.4 Å². The largest absolute Gasteiger partial charge is 0.466 e. The Bertz CT molecular complexity index is 391. The van der Waals surface area contributed by atoms with Crippen LogP contribution in [0.15, 0.2) is 24.3 Å². The van der Waals surface area contributed by atoms with Gasteiger partial charge in [0.05, 0.1) is 13.0 Å². The Morgan fingerprint density at radius 1 is 1.44 bits per heavy atom. The van der Waals surface area contributed by atoms with E-state index in [1.54, 1.807) is 0 Å². The lowest BCUT2D eigenvalue weighted by Crippen LogP contribution is -2.21. The van der Waals surface area contributed by atoms with E-state index in [1.807, 2.05) is 51.0 Å². The summed E-state index contributed by atoms with van der Waals surface area (Å²) in [4.78, 5) is 13.4. The molecule has 0 aromatic heterocycles. The highest BCUT2D eigenvalue weighted by Crippen LogP contribution is 2.18. The summed E-state index contributed by atoms with van der Waals surface area (Å²) in [5.41, 5.74) is 2.14. The number of anilines is 2. The summed E-state index contributed by atoms with van der Waals surface area (Å²) in [7, 11) is 4.00. The first-order valence-electron chi connectivity index (χ1n) is 6.22. The number of ether oxygens (including phenoxy) is 1. The third kappa shape index (κ3) is 4.65. The molecule has 100 valence electrons. The van der Waals surface area contributed by atoms with E-state index in [0.717, 1.165) is 11.4 Å². The second-order valence-electron chi connectivity index (χ2n) is 4.50. The Kier molecular flexibility index (Phi) is 5.49. The van der Waals surface area contributed by atoms with Crippen molar-refractivity contribution < 1.29 is 9.53 Å². The minimum Gasteiger partial charge on any atom is -0.466 e. The van der Waals surface area contributed by atoms with E-state index in [0.29, 0.717) is 13.0 Å². The van der Waals surface area contributed by atoms with Gasteiger partial charge in [-0.2, -0.15) is 0 Å². The summed E-state index contributed by atoms with van der Waals surface area (Å²) < 4.78 is 4.93. The quantitative estimate of drug-likeness (QED) is 0.788. The van der Waals surface area contributed by atoms with Crippen molar-refractivity contribution in [1.82, 2.24) is 0 Å². The van der Waals surface area contributed by atoms with Gasteiger partial charge in [-0.1, -0.05) is 6.07 Å². The van der Waals surface area contributed by atoms with E-state index in [4.69, 9.17) is 4.74 Å². The van der Waals surface area contributed by atoms with Gasteiger partial charge in [0.25, 0.3) is 0 Å². The van der Waals surface area contributed by atoms with Crippen molar-refractivity contribution >= 4 is 17.3 Å². The van der Waals surface area contributed by atoms with Crippen LogP contribution in [0.25, 0.3) is 0 Å². The van der Waals surface area contributed by atoms with Crippen LogP contribution in [0.2, 0.25) is 0 Å². The van der Waals surface area contributed by atoms with Gasteiger partial charge in [0.2, 0.25) is 0 Å². The second kappa shape index (κ2) is 6.89. The van der Waals surface area contributed by atoms with Crippen LogP contribution in [0.1, 0.15) is 20.3 Å². The first-order valence-corrected chi connectivity index (χ1v) is 6.22. The predicted octanol–water partition coefficient (Wildman–Crippen LogP) is 2.51. The molecule has 0 aliphatic heterocycles. The minimum absolute atomic E-state index is 0.0569.